The van der Waals surface area contributed by atoms with E-state index >= 15 is 0 Å². The van der Waals surface area contributed by atoms with Gasteiger partial charge >= 0.3 is 0 Å². The van der Waals surface area contributed by atoms with Gasteiger partial charge in [0, 0.05) is 11.1 Å². The van der Waals surface area contributed by atoms with Gasteiger partial charge in [-0.05, 0) is 37.5 Å². The fourth-order valence-corrected chi connectivity index (χ4v) is 3.26. The van der Waals surface area contributed by atoms with Gasteiger partial charge in [0.2, 0.25) is 5.16 Å². The molecule has 1 aromatic heterocycles. The van der Waals surface area contributed by atoms with E-state index in [1.54, 1.807) is 0 Å². The third-order valence-electron chi connectivity index (χ3n) is 4.13. The van der Waals surface area contributed by atoms with E-state index < -0.39 is 0 Å². The molecule has 3 rings (SSSR count). The number of nitrogens with zero attached hydrogens (tertiary/aromatic N) is 2. The van der Waals surface area contributed by atoms with Crippen LogP contribution in [0, 0.1) is 13.8 Å². The molecule has 3 aromatic rings. The molecule has 0 bridgehead atoms. The Morgan fingerprint density at radius 3 is 2.60 bits per heavy atom. The van der Waals surface area contributed by atoms with Crippen LogP contribution in [-0.4, -0.2) is 26.7 Å². The quantitative estimate of drug-likeness (QED) is 0.520. The molecule has 5 heteroatoms. The van der Waals surface area contributed by atoms with Crippen LogP contribution in [0.5, 0.6) is 0 Å². The van der Waals surface area contributed by atoms with Crippen molar-refractivity contribution in [2.45, 2.75) is 32.3 Å². The van der Waals surface area contributed by atoms with Crippen molar-refractivity contribution in [1.82, 2.24) is 15.2 Å². The zero-order valence-electron chi connectivity index (χ0n) is 14.7. The number of carbonyl (C=O) groups excluding carboxylic acids is 1. The number of benzene rings is 2. The van der Waals surface area contributed by atoms with Crippen LogP contribution < -0.4 is 0 Å². The van der Waals surface area contributed by atoms with Crippen LogP contribution in [0.25, 0.3) is 11.4 Å². The molecule has 0 fully saturated rings. The van der Waals surface area contributed by atoms with Crippen molar-refractivity contribution in [2.75, 3.05) is 5.75 Å². The molecule has 1 N–H and O–H groups in total. The number of nitrogens with one attached hydrogen (secondary N) is 1. The molecule has 128 valence electrons. The van der Waals surface area contributed by atoms with Gasteiger partial charge in [0.25, 0.3) is 0 Å². The first-order chi connectivity index (χ1) is 12.1. The molecule has 0 atom stereocenters. The second kappa shape index (κ2) is 7.66. The number of thioether (sulfide) groups is 1. The van der Waals surface area contributed by atoms with Crippen LogP contribution in [0.15, 0.2) is 47.6 Å². The Bertz CT molecular complexity index is 884. The van der Waals surface area contributed by atoms with Gasteiger partial charge < -0.3 is 0 Å². The monoisotopic (exact) mass is 351 g/mol. The van der Waals surface area contributed by atoms with Crippen molar-refractivity contribution in [1.29, 1.82) is 0 Å². The highest BCUT2D eigenvalue weighted by molar-refractivity contribution is 7.99. The van der Waals surface area contributed by atoms with Gasteiger partial charge in [-0.15, -0.1) is 5.10 Å². The number of aromatic amines is 1. The van der Waals surface area contributed by atoms with Gasteiger partial charge in [-0.2, -0.15) is 0 Å². The molecular formula is C20H21N3OS. The maximum Gasteiger partial charge on any atom is 0.209 e. The number of Topliss-reactive ketones (excluding diaryl/α,β-unsaturated/α-hetero) is 1. The number of H-pyrrole nitrogens is 1. The Kier molecular flexibility index (Phi) is 5.34. The van der Waals surface area contributed by atoms with E-state index in [0.717, 1.165) is 34.5 Å². The standard InChI is InChI=1S/C20H21N3OS/c1-4-15-7-9-16(10-8-15)19-21-20(23-22-19)25-12-18(24)17-11-13(2)5-6-14(17)3/h5-11H,4,12H2,1-3H3,(H,21,22,23). The lowest BCUT2D eigenvalue weighted by Gasteiger charge is -2.05. The predicted molar refractivity (Wildman–Crippen MR) is 102 cm³/mol. The third kappa shape index (κ3) is 4.17. The lowest BCUT2D eigenvalue weighted by molar-refractivity contribution is 0.102. The molecule has 2 aromatic carbocycles. The first-order valence-corrected chi connectivity index (χ1v) is 9.30. The van der Waals surface area contributed by atoms with Crippen molar-refractivity contribution >= 4 is 17.5 Å². The predicted octanol–water partition coefficient (Wildman–Crippen LogP) is 4.63. The number of ketones is 1. The number of hydrogen-bond acceptors (Lipinski definition) is 4. The summed E-state index contributed by atoms with van der Waals surface area (Å²) in [5, 5.41) is 7.76. The van der Waals surface area contributed by atoms with Crippen LogP contribution in [0.1, 0.15) is 34.0 Å². The topological polar surface area (TPSA) is 58.6 Å². The molecule has 0 spiro atoms. The summed E-state index contributed by atoms with van der Waals surface area (Å²) >= 11 is 1.36. The van der Waals surface area contributed by atoms with Crippen LogP contribution in [0.4, 0.5) is 0 Å². The smallest absolute Gasteiger partial charge is 0.209 e. The Morgan fingerprint density at radius 1 is 1.12 bits per heavy atom. The van der Waals surface area contributed by atoms with Gasteiger partial charge in [-0.1, -0.05) is 60.6 Å². The summed E-state index contributed by atoms with van der Waals surface area (Å²) in [6, 6.07) is 14.2. The molecule has 0 aliphatic rings. The lowest BCUT2D eigenvalue weighted by atomic mass is 10.0. The van der Waals surface area contributed by atoms with E-state index in [2.05, 4.69) is 34.2 Å². The number of carbonyl (C=O) groups is 1. The maximum absolute atomic E-state index is 12.5. The zero-order valence-corrected chi connectivity index (χ0v) is 15.5. The minimum absolute atomic E-state index is 0.102. The van der Waals surface area contributed by atoms with Gasteiger partial charge in [0.15, 0.2) is 11.6 Å². The molecule has 1 heterocycles. The van der Waals surface area contributed by atoms with Gasteiger partial charge in [-0.3, -0.25) is 9.89 Å². The SMILES string of the molecule is CCc1ccc(-c2nc(SCC(=O)c3cc(C)ccc3C)n[nH]2)cc1. The number of aromatic nitrogens is 3. The summed E-state index contributed by atoms with van der Waals surface area (Å²) in [7, 11) is 0. The summed E-state index contributed by atoms with van der Waals surface area (Å²) in [4.78, 5) is 16.9. The lowest BCUT2D eigenvalue weighted by Crippen LogP contribution is -2.05. The average Bonchev–Trinajstić information content (AvgIpc) is 3.11. The van der Waals surface area contributed by atoms with Crippen LogP contribution in [-0.2, 0) is 6.42 Å². The van der Waals surface area contributed by atoms with E-state index in [1.807, 2.05) is 44.2 Å². The van der Waals surface area contributed by atoms with Crippen molar-refractivity contribution in [3.8, 4) is 11.4 Å². The number of hydrogen-bond donors (Lipinski definition) is 1. The zero-order chi connectivity index (χ0) is 17.8. The Balaban J connectivity index is 1.67. The first-order valence-electron chi connectivity index (χ1n) is 8.31. The Morgan fingerprint density at radius 2 is 1.88 bits per heavy atom. The third-order valence-corrected chi connectivity index (χ3v) is 4.97. The molecule has 25 heavy (non-hydrogen) atoms. The molecular weight excluding hydrogens is 330 g/mol. The van der Waals surface area contributed by atoms with E-state index in [4.69, 9.17) is 0 Å². The molecule has 0 unspecified atom stereocenters. The Labute approximate surface area is 152 Å². The summed E-state index contributed by atoms with van der Waals surface area (Å²) in [6.45, 7) is 6.09. The highest BCUT2D eigenvalue weighted by Gasteiger charge is 2.12. The van der Waals surface area contributed by atoms with Crippen molar-refractivity contribution in [3.63, 3.8) is 0 Å². The first kappa shape index (κ1) is 17.4. The fourth-order valence-electron chi connectivity index (χ4n) is 2.58. The normalized spacial score (nSPS) is 10.8. The van der Waals surface area contributed by atoms with Crippen molar-refractivity contribution < 1.29 is 4.79 Å². The second-order valence-corrected chi connectivity index (χ2v) is 6.99. The van der Waals surface area contributed by atoms with E-state index in [0.29, 0.717) is 10.9 Å². The van der Waals surface area contributed by atoms with E-state index in [1.165, 1.54) is 17.3 Å². The van der Waals surface area contributed by atoms with E-state index in [9.17, 15) is 4.79 Å². The molecule has 0 amide bonds. The van der Waals surface area contributed by atoms with Crippen LogP contribution in [0.3, 0.4) is 0 Å². The largest absolute Gasteiger partial charge is 0.293 e. The van der Waals surface area contributed by atoms with Crippen LogP contribution >= 0.6 is 11.8 Å². The average molecular weight is 351 g/mol. The minimum Gasteiger partial charge on any atom is -0.293 e. The summed E-state index contributed by atoms with van der Waals surface area (Å²) in [5.74, 6) is 1.16. The van der Waals surface area contributed by atoms with Gasteiger partial charge in [0.1, 0.15) is 0 Å². The molecule has 0 radical (unpaired) electrons. The summed E-state index contributed by atoms with van der Waals surface area (Å²) in [6.07, 6.45) is 1.01. The number of rotatable bonds is 6. The summed E-state index contributed by atoms with van der Waals surface area (Å²) < 4.78 is 0. The minimum atomic E-state index is 0.102. The highest BCUT2D eigenvalue weighted by atomic mass is 32.2. The molecule has 0 aliphatic carbocycles. The molecule has 0 saturated carbocycles. The van der Waals surface area contributed by atoms with Gasteiger partial charge in [-0.25, -0.2) is 4.98 Å². The van der Waals surface area contributed by atoms with Crippen molar-refractivity contribution in [3.05, 3.63) is 64.7 Å². The molecule has 0 saturated heterocycles. The van der Waals surface area contributed by atoms with Gasteiger partial charge in [0.05, 0.1) is 5.75 Å². The Hall–Kier alpha value is -2.40. The molecule has 4 nitrogen and oxygen atoms in total. The van der Waals surface area contributed by atoms with Crippen molar-refractivity contribution in [2.24, 2.45) is 0 Å². The molecule has 0 aliphatic heterocycles. The maximum atomic E-state index is 12.5. The highest BCUT2D eigenvalue weighted by Crippen LogP contribution is 2.21. The second-order valence-electron chi connectivity index (χ2n) is 6.05. The van der Waals surface area contributed by atoms with E-state index in [-0.39, 0.29) is 5.78 Å². The summed E-state index contributed by atoms with van der Waals surface area (Å²) in [5.41, 5.74) is 5.16. The van der Waals surface area contributed by atoms with Crippen LogP contribution in [0.2, 0.25) is 0 Å². The number of aryl methyl sites for hydroxylation is 3. The fraction of sp³-hybridized carbons (Fsp3) is 0.250.